The van der Waals surface area contributed by atoms with Crippen molar-refractivity contribution >= 4 is 10.0 Å². The lowest BCUT2D eigenvalue weighted by Gasteiger charge is -2.09. The highest BCUT2D eigenvalue weighted by molar-refractivity contribution is 7.89. The van der Waals surface area contributed by atoms with Gasteiger partial charge in [0.15, 0.2) is 0 Å². The van der Waals surface area contributed by atoms with Gasteiger partial charge in [0.2, 0.25) is 15.5 Å². The molecule has 0 spiro atoms. The first kappa shape index (κ1) is 11.3. The third-order valence-electron chi connectivity index (χ3n) is 2.87. The second kappa shape index (κ2) is 3.71. The molecule has 1 aromatic rings. The predicted molar refractivity (Wildman–Crippen MR) is 59.6 cm³/mol. The van der Waals surface area contributed by atoms with Crippen molar-refractivity contribution in [3.05, 3.63) is 28.7 Å². The number of H-pyrrole nitrogens is 1. The number of aromatic amines is 1. The Balaban J connectivity index is 2.19. The molecule has 16 heavy (non-hydrogen) atoms. The second-order valence-electron chi connectivity index (χ2n) is 4.51. The van der Waals surface area contributed by atoms with Gasteiger partial charge in [-0.25, -0.2) is 13.1 Å². The summed E-state index contributed by atoms with van der Waals surface area (Å²) in [5.74, 6) is 0. The van der Waals surface area contributed by atoms with E-state index < -0.39 is 15.5 Å². The lowest BCUT2D eigenvalue weighted by Crippen LogP contribution is -2.32. The zero-order chi connectivity index (χ0) is 11.8. The van der Waals surface area contributed by atoms with Gasteiger partial charge in [-0.1, -0.05) is 6.92 Å². The smallest absolute Gasteiger partial charge is 0.245 e. The van der Waals surface area contributed by atoms with Crippen LogP contribution in [0.5, 0.6) is 0 Å². The normalized spacial score (nSPS) is 18.3. The third-order valence-corrected chi connectivity index (χ3v) is 4.29. The van der Waals surface area contributed by atoms with Gasteiger partial charge in [-0.2, -0.15) is 0 Å². The van der Waals surface area contributed by atoms with E-state index in [9.17, 15) is 13.2 Å². The van der Waals surface area contributed by atoms with Gasteiger partial charge in [-0.3, -0.25) is 4.79 Å². The van der Waals surface area contributed by atoms with Crippen molar-refractivity contribution in [2.45, 2.75) is 24.7 Å². The van der Waals surface area contributed by atoms with E-state index in [0.29, 0.717) is 6.54 Å². The van der Waals surface area contributed by atoms with E-state index in [-0.39, 0.29) is 10.3 Å². The molecule has 0 saturated heterocycles. The Hall–Kier alpha value is -1.14. The van der Waals surface area contributed by atoms with Gasteiger partial charge in [0, 0.05) is 25.0 Å². The van der Waals surface area contributed by atoms with Gasteiger partial charge in [-0.15, -0.1) is 0 Å². The molecule has 1 aromatic heterocycles. The highest BCUT2D eigenvalue weighted by Gasteiger charge is 2.38. The molecule has 2 rings (SSSR count). The van der Waals surface area contributed by atoms with Gasteiger partial charge < -0.3 is 4.98 Å². The predicted octanol–water partition coefficient (Wildman–Crippen LogP) is 0.453. The van der Waals surface area contributed by atoms with Gasteiger partial charge in [0.05, 0.1) is 0 Å². The van der Waals surface area contributed by atoms with Crippen LogP contribution in [0.15, 0.2) is 28.2 Å². The van der Waals surface area contributed by atoms with Crippen LogP contribution in [-0.4, -0.2) is 19.9 Å². The summed E-state index contributed by atoms with van der Waals surface area (Å²) >= 11 is 0. The minimum Gasteiger partial charge on any atom is -0.366 e. The highest BCUT2D eigenvalue weighted by atomic mass is 32.2. The molecule has 1 fully saturated rings. The number of hydrogen-bond donors (Lipinski definition) is 2. The fourth-order valence-electron chi connectivity index (χ4n) is 1.35. The maximum atomic E-state index is 11.8. The zero-order valence-corrected chi connectivity index (χ0v) is 9.80. The summed E-state index contributed by atoms with van der Waals surface area (Å²) in [6.45, 7) is 2.41. The molecule has 0 unspecified atom stereocenters. The molecular weight excluding hydrogens is 228 g/mol. The molecule has 0 bridgehead atoms. The van der Waals surface area contributed by atoms with Crippen LogP contribution in [-0.2, 0) is 10.0 Å². The summed E-state index contributed by atoms with van der Waals surface area (Å²) in [6, 6.07) is 1.20. The molecule has 1 aliphatic rings. The van der Waals surface area contributed by atoms with E-state index in [0.717, 1.165) is 12.8 Å². The van der Waals surface area contributed by atoms with Crippen LogP contribution in [0.4, 0.5) is 0 Å². The van der Waals surface area contributed by atoms with Crippen molar-refractivity contribution in [3.63, 3.8) is 0 Å². The molecule has 0 aliphatic heterocycles. The third kappa shape index (κ3) is 2.33. The molecule has 2 N–H and O–H groups in total. The van der Waals surface area contributed by atoms with E-state index in [1.807, 2.05) is 6.92 Å². The topological polar surface area (TPSA) is 79.0 Å². The van der Waals surface area contributed by atoms with Gasteiger partial charge in [-0.05, 0) is 18.3 Å². The summed E-state index contributed by atoms with van der Waals surface area (Å²) in [5, 5.41) is 0. The van der Waals surface area contributed by atoms with Crippen molar-refractivity contribution in [2.75, 3.05) is 6.54 Å². The Labute approximate surface area is 93.9 Å². The Kier molecular flexibility index (Phi) is 2.63. The number of nitrogens with one attached hydrogen (secondary N) is 2. The van der Waals surface area contributed by atoms with Crippen LogP contribution in [0.2, 0.25) is 0 Å². The second-order valence-corrected chi connectivity index (χ2v) is 6.24. The molecule has 1 aliphatic carbocycles. The summed E-state index contributed by atoms with van der Waals surface area (Å²) in [5.41, 5.74) is -0.415. The number of hydrogen-bond acceptors (Lipinski definition) is 3. The lowest BCUT2D eigenvalue weighted by atomic mass is 10.2. The van der Waals surface area contributed by atoms with Crippen LogP contribution in [0, 0.1) is 5.41 Å². The summed E-state index contributed by atoms with van der Waals surface area (Å²) < 4.78 is 26.1. The zero-order valence-electron chi connectivity index (χ0n) is 8.99. The molecule has 5 nitrogen and oxygen atoms in total. The molecular formula is C10H14N2O3S. The maximum absolute atomic E-state index is 11.8. The van der Waals surface area contributed by atoms with E-state index in [2.05, 4.69) is 9.71 Å². The number of sulfonamides is 1. The summed E-state index contributed by atoms with van der Waals surface area (Å²) in [4.78, 5) is 13.7. The molecule has 1 heterocycles. The summed E-state index contributed by atoms with van der Waals surface area (Å²) in [6.07, 6.45) is 4.67. The fraction of sp³-hybridized carbons (Fsp3) is 0.500. The summed E-state index contributed by atoms with van der Waals surface area (Å²) in [7, 11) is -3.68. The van der Waals surface area contributed by atoms with E-state index >= 15 is 0 Å². The van der Waals surface area contributed by atoms with Gasteiger partial charge in [0.25, 0.3) is 0 Å². The van der Waals surface area contributed by atoms with E-state index in [4.69, 9.17) is 0 Å². The molecule has 0 atom stereocenters. The number of pyridine rings is 1. The number of rotatable bonds is 4. The first-order chi connectivity index (χ1) is 7.43. The standard InChI is InChI=1S/C10H14N2O3S/c1-10(3-4-10)7-12-16(14,15)9-6-11-5-2-8(9)13/h2,5-6,12H,3-4,7H2,1H3,(H,11,13). The van der Waals surface area contributed by atoms with Crippen LogP contribution < -0.4 is 10.2 Å². The Morgan fingerprint density at radius 3 is 2.75 bits per heavy atom. The molecule has 1 saturated carbocycles. The molecule has 0 amide bonds. The van der Waals surface area contributed by atoms with Crippen molar-refractivity contribution < 1.29 is 8.42 Å². The maximum Gasteiger partial charge on any atom is 0.245 e. The lowest BCUT2D eigenvalue weighted by molar-refractivity contribution is 0.530. The van der Waals surface area contributed by atoms with Crippen LogP contribution in [0.1, 0.15) is 19.8 Å². The van der Waals surface area contributed by atoms with E-state index in [1.54, 1.807) is 0 Å². The van der Waals surface area contributed by atoms with E-state index in [1.165, 1.54) is 18.5 Å². The van der Waals surface area contributed by atoms with Crippen molar-refractivity contribution in [2.24, 2.45) is 5.41 Å². The Bertz CT molecular complexity index is 543. The van der Waals surface area contributed by atoms with Crippen LogP contribution >= 0.6 is 0 Å². The minimum absolute atomic E-state index is 0.0780. The van der Waals surface area contributed by atoms with Gasteiger partial charge >= 0.3 is 0 Å². The first-order valence-electron chi connectivity index (χ1n) is 5.10. The van der Waals surface area contributed by atoms with Crippen molar-refractivity contribution in [1.82, 2.24) is 9.71 Å². The van der Waals surface area contributed by atoms with Crippen molar-refractivity contribution in [3.8, 4) is 0 Å². The monoisotopic (exact) mass is 242 g/mol. The molecule has 0 radical (unpaired) electrons. The van der Waals surface area contributed by atoms with Crippen LogP contribution in [0.3, 0.4) is 0 Å². The highest BCUT2D eigenvalue weighted by Crippen LogP contribution is 2.44. The fourth-order valence-corrected chi connectivity index (χ4v) is 2.60. The average Bonchev–Trinajstić information content (AvgIpc) is 2.95. The largest absolute Gasteiger partial charge is 0.366 e. The molecule has 88 valence electrons. The van der Waals surface area contributed by atoms with Gasteiger partial charge in [0.1, 0.15) is 4.90 Å². The van der Waals surface area contributed by atoms with Crippen molar-refractivity contribution in [1.29, 1.82) is 0 Å². The first-order valence-corrected chi connectivity index (χ1v) is 6.58. The van der Waals surface area contributed by atoms with Crippen LogP contribution in [0.25, 0.3) is 0 Å². The quantitative estimate of drug-likeness (QED) is 0.804. The average molecular weight is 242 g/mol. The molecule has 0 aromatic carbocycles. The minimum atomic E-state index is -3.68. The Morgan fingerprint density at radius 1 is 1.50 bits per heavy atom. The molecule has 6 heteroatoms. The SMILES string of the molecule is CC1(CNS(=O)(=O)c2c[nH]ccc2=O)CC1. The number of aromatic nitrogens is 1. The Morgan fingerprint density at radius 2 is 2.19 bits per heavy atom.